The number of non-ortho nitro benzene ring substituents is 1. The van der Waals surface area contributed by atoms with Crippen molar-refractivity contribution in [2.24, 2.45) is 0 Å². The number of carbonyl (C=O) groups excluding carboxylic acids is 1. The molecule has 0 spiro atoms. The number of benzene rings is 1. The van der Waals surface area contributed by atoms with Crippen LogP contribution in [0.25, 0.3) is 0 Å². The number of nitro benzene ring substituents is 2. The van der Waals surface area contributed by atoms with Gasteiger partial charge in [-0.1, -0.05) is 30.6 Å². The fourth-order valence-electron chi connectivity index (χ4n) is 4.34. The molecule has 2 heterocycles. The molecule has 1 aromatic heterocycles. The van der Waals surface area contributed by atoms with Gasteiger partial charge in [-0.3, -0.25) is 25.0 Å². The Morgan fingerprint density at radius 1 is 1.03 bits per heavy atom. The highest BCUT2D eigenvalue weighted by Crippen LogP contribution is 2.36. The maximum atomic E-state index is 13.1. The van der Waals surface area contributed by atoms with Gasteiger partial charge in [-0.15, -0.1) is 10.2 Å². The van der Waals surface area contributed by atoms with Crippen molar-refractivity contribution in [3.05, 3.63) is 48.5 Å². The van der Waals surface area contributed by atoms with E-state index in [9.17, 15) is 25.0 Å². The smallest absolute Gasteiger partial charge is 0.279 e. The number of hydrogen-bond acceptors (Lipinski definition) is 9. The number of hydrogen-bond donors (Lipinski definition) is 0. The summed E-state index contributed by atoms with van der Waals surface area (Å²) in [6.07, 6.45) is 6.06. The summed E-state index contributed by atoms with van der Waals surface area (Å²) in [6.45, 7) is 3.35. The van der Waals surface area contributed by atoms with Crippen LogP contribution in [0.5, 0.6) is 0 Å². The highest BCUT2D eigenvalue weighted by atomic mass is 32.1. The van der Waals surface area contributed by atoms with E-state index in [1.54, 1.807) is 16.2 Å². The molecule has 1 aliphatic carbocycles. The maximum Gasteiger partial charge on any atom is 0.279 e. The number of anilines is 1. The van der Waals surface area contributed by atoms with Gasteiger partial charge >= 0.3 is 0 Å². The van der Waals surface area contributed by atoms with E-state index in [2.05, 4.69) is 15.1 Å². The highest BCUT2D eigenvalue weighted by Gasteiger charge is 2.30. The van der Waals surface area contributed by atoms with Gasteiger partial charge in [-0.2, -0.15) is 0 Å². The summed E-state index contributed by atoms with van der Waals surface area (Å²) in [6, 6.07) is 2.02. The first-order valence-corrected chi connectivity index (χ1v) is 11.5. The summed E-state index contributed by atoms with van der Waals surface area (Å²) in [5.41, 5.74) is -0.761. The van der Waals surface area contributed by atoms with Crippen LogP contribution in [0.1, 0.15) is 59.0 Å². The van der Waals surface area contributed by atoms with E-state index < -0.39 is 27.1 Å². The van der Waals surface area contributed by atoms with Gasteiger partial charge < -0.3 is 9.80 Å². The van der Waals surface area contributed by atoms with Crippen LogP contribution in [0, 0.1) is 27.2 Å². The lowest BCUT2D eigenvalue weighted by molar-refractivity contribution is -0.394. The van der Waals surface area contributed by atoms with Crippen LogP contribution in [0.4, 0.5) is 16.5 Å². The lowest BCUT2D eigenvalue weighted by Crippen LogP contribution is -2.49. The molecule has 32 heavy (non-hydrogen) atoms. The Morgan fingerprint density at radius 3 is 2.34 bits per heavy atom. The Hall–Kier alpha value is -3.15. The third-order valence-electron chi connectivity index (χ3n) is 6.22. The van der Waals surface area contributed by atoms with Gasteiger partial charge in [0, 0.05) is 43.7 Å². The Kier molecular flexibility index (Phi) is 6.31. The van der Waals surface area contributed by atoms with Gasteiger partial charge in [0.2, 0.25) is 5.13 Å². The molecule has 1 amide bonds. The molecule has 170 valence electrons. The molecule has 0 radical (unpaired) electrons. The van der Waals surface area contributed by atoms with Crippen molar-refractivity contribution in [3.8, 4) is 0 Å². The van der Waals surface area contributed by atoms with Crippen molar-refractivity contribution in [2.45, 2.75) is 44.9 Å². The summed E-state index contributed by atoms with van der Waals surface area (Å²) >= 11 is 1.62. The molecular weight excluding hydrogens is 436 g/mol. The van der Waals surface area contributed by atoms with Crippen LogP contribution in [0.3, 0.4) is 0 Å². The standard InChI is InChI=1S/C20H24N6O5S/c1-13-16(11-15(25(28)29)12-17(13)26(30)31)19(27)23-7-9-24(10-8-23)20-22-21-18(32-20)14-5-3-2-4-6-14/h11-12,14H,2-10H2,1H3. The average Bonchev–Trinajstić information content (AvgIpc) is 3.29. The number of amides is 1. The van der Waals surface area contributed by atoms with E-state index >= 15 is 0 Å². The zero-order valence-electron chi connectivity index (χ0n) is 17.7. The van der Waals surface area contributed by atoms with Gasteiger partial charge in [0.15, 0.2) is 0 Å². The van der Waals surface area contributed by atoms with Crippen LogP contribution < -0.4 is 4.90 Å². The van der Waals surface area contributed by atoms with E-state index in [0.717, 1.165) is 35.1 Å². The van der Waals surface area contributed by atoms with Gasteiger partial charge in [-0.25, -0.2) is 0 Å². The molecule has 0 bridgehead atoms. The monoisotopic (exact) mass is 460 g/mol. The zero-order chi connectivity index (χ0) is 22.8. The summed E-state index contributed by atoms with van der Waals surface area (Å²) in [5.74, 6) is 0.0552. The summed E-state index contributed by atoms with van der Waals surface area (Å²) in [7, 11) is 0. The van der Waals surface area contributed by atoms with Crippen LogP contribution in [-0.4, -0.2) is 57.0 Å². The molecule has 1 aromatic carbocycles. The van der Waals surface area contributed by atoms with Crippen molar-refractivity contribution in [2.75, 3.05) is 31.1 Å². The number of nitrogens with zero attached hydrogens (tertiary/aromatic N) is 6. The topological polar surface area (TPSA) is 136 Å². The Balaban J connectivity index is 1.45. The molecule has 1 aliphatic heterocycles. The number of aromatic nitrogens is 2. The number of nitro groups is 2. The summed E-state index contributed by atoms with van der Waals surface area (Å²) in [4.78, 5) is 37.8. The molecule has 1 saturated heterocycles. The zero-order valence-corrected chi connectivity index (χ0v) is 18.5. The van der Waals surface area contributed by atoms with Gasteiger partial charge in [0.05, 0.1) is 21.5 Å². The van der Waals surface area contributed by atoms with Crippen molar-refractivity contribution in [1.82, 2.24) is 15.1 Å². The molecule has 0 N–H and O–H groups in total. The Labute approximate surface area is 188 Å². The molecule has 1 saturated carbocycles. The largest absolute Gasteiger partial charge is 0.343 e. The first-order valence-electron chi connectivity index (χ1n) is 10.7. The van der Waals surface area contributed by atoms with Gasteiger partial charge in [-0.05, 0) is 19.8 Å². The Bertz CT molecular complexity index is 1040. The van der Waals surface area contributed by atoms with Crippen molar-refractivity contribution >= 4 is 33.8 Å². The number of carbonyl (C=O) groups is 1. The van der Waals surface area contributed by atoms with Crippen molar-refractivity contribution in [3.63, 3.8) is 0 Å². The average molecular weight is 461 g/mol. The van der Waals surface area contributed by atoms with Gasteiger partial charge in [0.1, 0.15) is 5.01 Å². The van der Waals surface area contributed by atoms with E-state index in [-0.39, 0.29) is 11.1 Å². The molecule has 0 unspecified atom stereocenters. The van der Waals surface area contributed by atoms with E-state index in [1.165, 1.54) is 26.2 Å². The minimum absolute atomic E-state index is 0.00477. The molecular formula is C20H24N6O5S. The number of rotatable bonds is 5. The molecule has 4 rings (SSSR count). The molecule has 2 fully saturated rings. The fourth-order valence-corrected chi connectivity index (χ4v) is 5.41. The van der Waals surface area contributed by atoms with E-state index in [4.69, 9.17) is 0 Å². The summed E-state index contributed by atoms with van der Waals surface area (Å²) < 4.78 is 0. The first kappa shape index (κ1) is 22.1. The second-order valence-electron chi connectivity index (χ2n) is 8.19. The summed E-state index contributed by atoms with van der Waals surface area (Å²) in [5, 5.41) is 33.2. The fraction of sp³-hybridized carbons (Fsp3) is 0.550. The van der Waals surface area contributed by atoms with E-state index in [1.807, 2.05) is 0 Å². The lowest BCUT2D eigenvalue weighted by atomic mass is 9.90. The second-order valence-corrected chi connectivity index (χ2v) is 9.18. The molecule has 2 aliphatic rings. The van der Waals surface area contributed by atoms with E-state index in [0.29, 0.717) is 32.1 Å². The SMILES string of the molecule is Cc1c(C(=O)N2CCN(c3nnc(C4CCCCC4)s3)CC2)cc([N+](=O)[O-])cc1[N+](=O)[O-]. The predicted octanol–water partition coefficient (Wildman–Crippen LogP) is 3.67. The maximum absolute atomic E-state index is 13.1. The number of piperazine rings is 1. The highest BCUT2D eigenvalue weighted by molar-refractivity contribution is 7.15. The molecule has 2 aromatic rings. The van der Waals surface area contributed by atoms with Crippen LogP contribution in [0.2, 0.25) is 0 Å². The first-order chi connectivity index (χ1) is 15.3. The molecule has 11 nitrogen and oxygen atoms in total. The Morgan fingerprint density at radius 2 is 1.72 bits per heavy atom. The molecule has 12 heteroatoms. The second kappa shape index (κ2) is 9.15. The van der Waals surface area contributed by atoms with Crippen LogP contribution in [-0.2, 0) is 0 Å². The predicted molar refractivity (Wildman–Crippen MR) is 118 cm³/mol. The third kappa shape index (κ3) is 4.40. The van der Waals surface area contributed by atoms with Crippen molar-refractivity contribution < 1.29 is 14.6 Å². The van der Waals surface area contributed by atoms with Crippen LogP contribution in [0.15, 0.2) is 12.1 Å². The normalized spacial score (nSPS) is 17.4. The minimum Gasteiger partial charge on any atom is -0.343 e. The van der Waals surface area contributed by atoms with Crippen molar-refractivity contribution in [1.29, 1.82) is 0 Å². The van der Waals surface area contributed by atoms with Crippen LogP contribution >= 0.6 is 11.3 Å². The minimum atomic E-state index is -0.722. The van der Waals surface area contributed by atoms with Gasteiger partial charge in [0.25, 0.3) is 17.3 Å². The molecule has 0 atom stereocenters. The third-order valence-corrected chi connectivity index (χ3v) is 7.37. The lowest BCUT2D eigenvalue weighted by Gasteiger charge is -2.34. The quantitative estimate of drug-likeness (QED) is 0.487.